The van der Waals surface area contributed by atoms with Crippen molar-refractivity contribution in [1.29, 1.82) is 0 Å². The summed E-state index contributed by atoms with van der Waals surface area (Å²) in [5.74, 6) is 0.411. The fraction of sp³-hybridized carbons (Fsp3) is 0.724. The van der Waals surface area contributed by atoms with Crippen molar-refractivity contribution >= 4 is 11.8 Å². The van der Waals surface area contributed by atoms with E-state index in [0.29, 0.717) is 36.3 Å². The van der Waals surface area contributed by atoms with Crippen molar-refractivity contribution in [3.8, 4) is 0 Å². The summed E-state index contributed by atoms with van der Waals surface area (Å²) in [6, 6.07) is 3.44. The topological polar surface area (TPSA) is 82.7 Å². The van der Waals surface area contributed by atoms with Gasteiger partial charge >= 0.3 is 0 Å². The Hall–Kier alpha value is -2.72. The number of hydrogen-bond donors (Lipinski definition) is 0. The zero-order chi connectivity index (χ0) is 28.7. The summed E-state index contributed by atoms with van der Waals surface area (Å²) in [7, 11) is 7.99. The third-order valence-electron chi connectivity index (χ3n) is 8.01. The molecule has 4 bridgehead atoms. The monoisotopic (exact) mass is 542 g/mol. The maximum absolute atomic E-state index is 12.5. The van der Waals surface area contributed by atoms with Crippen LogP contribution in [0.1, 0.15) is 69.4 Å². The lowest BCUT2D eigenvalue weighted by Gasteiger charge is -2.39. The predicted molar refractivity (Wildman–Crippen MR) is 154 cm³/mol. The van der Waals surface area contributed by atoms with Gasteiger partial charge in [0.05, 0.1) is 12.6 Å². The highest BCUT2D eigenvalue weighted by Gasteiger charge is 2.43. The number of likely N-dealkylation sites (tertiary alicyclic amines) is 2. The first-order chi connectivity index (χ1) is 18.8. The molecule has 2 aromatic heterocycles. The lowest BCUT2D eigenvalue weighted by molar-refractivity contribution is -0.135. The van der Waals surface area contributed by atoms with Crippen LogP contribution >= 0.6 is 0 Å². The maximum atomic E-state index is 12.5. The summed E-state index contributed by atoms with van der Waals surface area (Å²) >= 11 is 0. The molecule has 4 aliphatic heterocycles. The highest BCUT2D eigenvalue weighted by Crippen LogP contribution is 2.31. The molecule has 0 saturated carbocycles. The molecule has 4 aliphatic rings. The fourth-order valence-corrected chi connectivity index (χ4v) is 6.51. The van der Waals surface area contributed by atoms with E-state index >= 15 is 0 Å². The Morgan fingerprint density at radius 2 is 1.26 bits per heavy atom. The number of nitrogens with zero attached hydrogens (tertiary/aromatic N) is 8. The van der Waals surface area contributed by atoms with Crippen molar-refractivity contribution in [2.24, 2.45) is 14.1 Å². The Balaban J connectivity index is 0.000000192. The summed E-state index contributed by atoms with van der Waals surface area (Å²) in [5.41, 5.74) is 1.72. The minimum Gasteiger partial charge on any atom is -0.334 e. The number of aromatic nitrogens is 4. The van der Waals surface area contributed by atoms with Crippen LogP contribution in [0, 0.1) is 0 Å². The van der Waals surface area contributed by atoms with Crippen LogP contribution in [0.3, 0.4) is 0 Å². The molecular weight excluding hydrogens is 492 g/mol. The smallest absolute Gasteiger partial charge is 0.272 e. The van der Waals surface area contributed by atoms with Gasteiger partial charge in [-0.25, -0.2) is 0 Å². The maximum Gasteiger partial charge on any atom is 0.272 e. The Bertz CT molecular complexity index is 1040. The molecule has 39 heavy (non-hydrogen) atoms. The minimum absolute atomic E-state index is 0.144. The predicted octanol–water partition coefficient (Wildman–Crippen LogP) is 2.66. The second-order valence-electron chi connectivity index (χ2n) is 10.8. The van der Waals surface area contributed by atoms with Crippen molar-refractivity contribution in [1.82, 2.24) is 39.2 Å². The molecule has 10 heteroatoms. The number of amides is 2. The average Bonchev–Trinajstić information content (AvgIpc) is 3.67. The molecule has 4 saturated heterocycles. The molecule has 0 radical (unpaired) electrons. The van der Waals surface area contributed by atoms with Crippen LogP contribution in [0.15, 0.2) is 24.7 Å². The summed E-state index contributed by atoms with van der Waals surface area (Å²) in [6.07, 6.45) is 10.5. The molecule has 4 fully saturated rings. The summed E-state index contributed by atoms with van der Waals surface area (Å²) < 4.78 is 3.42. The number of fused-ring (bicyclic) bond motifs is 4. The molecule has 6 heterocycles. The highest BCUT2D eigenvalue weighted by molar-refractivity contribution is 5.93. The van der Waals surface area contributed by atoms with E-state index < -0.39 is 0 Å². The summed E-state index contributed by atoms with van der Waals surface area (Å²) in [5, 5.41) is 8.19. The zero-order valence-electron chi connectivity index (χ0n) is 25.4. The molecule has 0 N–H and O–H groups in total. The molecule has 0 aromatic carbocycles. The third-order valence-corrected chi connectivity index (χ3v) is 8.01. The Morgan fingerprint density at radius 1 is 0.769 bits per heavy atom. The van der Waals surface area contributed by atoms with Gasteiger partial charge in [0.15, 0.2) is 0 Å². The first-order valence-corrected chi connectivity index (χ1v) is 14.8. The number of carbonyl (C=O) groups excluding carboxylic acids is 2. The van der Waals surface area contributed by atoms with Crippen LogP contribution in [0.4, 0.5) is 0 Å². The Morgan fingerprint density at radius 3 is 1.67 bits per heavy atom. The molecule has 10 nitrogen and oxygen atoms in total. The van der Waals surface area contributed by atoms with Gasteiger partial charge in [0, 0.05) is 76.8 Å². The first kappa shape index (κ1) is 30.8. The van der Waals surface area contributed by atoms with E-state index in [2.05, 4.69) is 43.9 Å². The fourth-order valence-electron chi connectivity index (χ4n) is 6.51. The number of rotatable bonds is 3. The normalized spacial score (nSPS) is 25.6. The first-order valence-electron chi connectivity index (χ1n) is 14.8. The van der Waals surface area contributed by atoms with E-state index in [1.165, 1.54) is 0 Å². The molecule has 0 aliphatic carbocycles. The lowest BCUT2D eigenvalue weighted by Crippen LogP contribution is -2.54. The van der Waals surface area contributed by atoms with Gasteiger partial charge < -0.3 is 19.6 Å². The van der Waals surface area contributed by atoms with Crippen molar-refractivity contribution in [2.45, 2.75) is 84.0 Å². The summed E-state index contributed by atoms with van der Waals surface area (Å²) in [6.45, 7) is 12.0. The second-order valence-corrected chi connectivity index (χ2v) is 10.8. The third kappa shape index (κ3) is 7.08. The highest BCUT2D eigenvalue weighted by atomic mass is 16.2. The number of aryl methyl sites for hydroxylation is 2. The van der Waals surface area contributed by atoms with E-state index in [9.17, 15) is 9.59 Å². The van der Waals surface area contributed by atoms with E-state index in [0.717, 1.165) is 57.4 Å². The van der Waals surface area contributed by atoms with Crippen molar-refractivity contribution in [3.63, 3.8) is 0 Å². The van der Waals surface area contributed by atoms with Gasteiger partial charge in [0.1, 0.15) is 5.69 Å². The van der Waals surface area contributed by atoms with Gasteiger partial charge in [-0.3, -0.25) is 19.0 Å². The number of carbonyl (C=O) groups is 2. The van der Waals surface area contributed by atoms with Gasteiger partial charge in [-0.2, -0.15) is 10.2 Å². The standard InChI is InChI=1S/C13H20N4O.C12H18N4O.2C2H6/c1-15-8-11-3-4-12(9-15)17(11)13(18)5-10-6-14-16(2)7-10;1-14-7-9-3-4-10(8-14)16(9)12(17)11-5-6-13-15(11)2;2*1-2/h6-7,11-12H,3-5,8-9H2,1-2H3;5-6,9-10H,3-4,7-8H2,1-2H3;2*1-2H3. The molecule has 6 rings (SSSR count). The van der Waals surface area contributed by atoms with Crippen LogP contribution < -0.4 is 0 Å². The summed E-state index contributed by atoms with van der Waals surface area (Å²) in [4.78, 5) is 33.8. The van der Waals surface area contributed by atoms with Crippen LogP contribution in [0.2, 0.25) is 0 Å². The Kier molecular flexibility index (Phi) is 11.1. The molecule has 2 aromatic rings. The van der Waals surface area contributed by atoms with E-state index in [1.807, 2.05) is 48.0 Å². The van der Waals surface area contributed by atoms with E-state index in [4.69, 9.17) is 0 Å². The second kappa shape index (κ2) is 14.1. The zero-order valence-corrected chi connectivity index (χ0v) is 25.4. The molecule has 2 amide bonds. The van der Waals surface area contributed by atoms with Gasteiger partial charge in [0.25, 0.3) is 5.91 Å². The van der Waals surface area contributed by atoms with E-state index in [-0.39, 0.29) is 11.8 Å². The number of hydrogen-bond acceptors (Lipinski definition) is 6. The minimum atomic E-state index is 0.144. The van der Waals surface area contributed by atoms with Crippen molar-refractivity contribution in [3.05, 3.63) is 35.9 Å². The van der Waals surface area contributed by atoms with Gasteiger partial charge in [-0.1, -0.05) is 27.7 Å². The Labute approximate surface area is 234 Å². The van der Waals surface area contributed by atoms with Crippen LogP contribution in [-0.4, -0.2) is 115 Å². The molecular formula is C29H50N8O2. The van der Waals surface area contributed by atoms with Gasteiger partial charge in [-0.05, 0) is 51.4 Å². The van der Waals surface area contributed by atoms with E-state index in [1.54, 1.807) is 27.8 Å². The largest absolute Gasteiger partial charge is 0.334 e. The lowest BCUT2D eigenvalue weighted by atomic mass is 10.1. The molecule has 4 atom stereocenters. The molecule has 4 unspecified atom stereocenters. The molecule has 218 valence electrons. The van der Waals surface area contributed by atoms with Crippen molar-refractivity contribution < 1.29 is 9.59 Å². The SMILES string of the molecule is CC.CC.CN1CC2CCC(C1)N2C(=O)Cc1cnn(C)c1.CN1CC2CCC(C1)N2C(=O)c1ccnn1C. The van der Waals surface area contributed by atoms with Crippen LogP contribution in [0.25, 0.3) is 0 Å². The quantitative estimate of drug-likeness (QED) is 0.593. The van der Waals surface area contributed by atoms with Gasteiger partial charge in [-0.15, -0.1) is 0 Å². The average molecular weight is 543 g/mol. The van der Waals surface area contributed by atoms with Crippen LogP contribution in [-0.2, 0) is 25.3 Å². The van der Waals surface area contributed by atoms with Gasteiger partial charge in [0.2, 0.25) is 5.91 Å². The number of piperazine rings is 2. The van der Waals surface area contributed by atoms with Crippen LogP contribution in [0.5, 0.6) is 0 Å². The molecule has 0 spiro atoms. The van der Waals surface area contributed by atoms with Crippen molar-refractivity contribution in [2.75, 3.05) is 40.3 Å². The number of likely N-dealkylation sites (N-methyl/N-ethyl adjacent to an activating group) is 2.